The van der Waals surface area contributed by atoms with E-state index in [1.807, 2.05) is 18.2 Å². The minimum Gasteiger partial charge on any atom is -0.456 e. The first-order valence-electron chi connectivity index (χ1n) is 20.9. The van der Waals surface area contributed by atoms with Crippen LogP contribution in [0.1, 0.15) is 25.0 Å². The summed E-state index contributed by atoms with van der Waals surface area (Å²) in [6, 6.07) is 67.0. The molecular weight excluding hydrogens is 747 g/mol. The van der Waals surface area contributed by atoms with E-state index in [0.717, 1.165) is 105 Å². The van der Waals surface area contributed by atoms with Crippen molar-refractivity contribution in [2.45, 2.75) is 19.3 Å². The maximum atomic E-state index is 6.77. The molecule has 1 aliphatic carbocycles. The summed E-state index contributed by atoms with van der Waals surface area (Å²) in [5.74, 6) is 0. The highest BCUT2D eigenvalue weighted by Gasteiger charge is 2.35. The van der Waals surface area contributed by atoms with Gasteiger partial charge in [-0.05, 0) is 106 Å². The van der Waals surface area contributed by atoms with Crippen molar-refractivity contribution in [2.75, 3.05) is 4.90 Å². The maximum absolute atomic E-state index is 6.77. The van der Waals surface area contributed by atoms with Crippen LogP contribution in [0.25, 0.3) is 99.2 Å². The first kappa shape index (κ1) is 34.1. The second-order valence-electron chi connectivity index (χ2n) is 16.9. The van der Waals surface area contributed by atoms with Gasteiger partial charge in [0.05, 0.1) is 0 Å². The predicted molar refractivity (Wildman–Crippen MR) is 251 cm³/mol. The second kappa shape index (κ2) is 12.6. The molecule has 3 aromatic heterocycles. The number of anilines is 3. The molecule has 0 radical (unpaired) electrons. The number of hydrogen-bond acceptors (Lipinski definition) is 4. The van der Waals surface area contributed by atoms with Crippen LogP contribution < -0.4 is 4.90 Å². The van der Waals surface area contributed by atoms with Crippen molar-refractivity contribution in [1.82, 2.24) is 0 Å². The lowest BCUT2D eigenvalue weighted by molar-refractivity contribution is 0.660. The molecule has 0 saturated carbocycles. The SMILES string of the molecule is CC1(C)c2ccccc2-c2ccc(N(c3ccc(-c4ccc5oc6ccccc6c5c4)cc3)c3ccc4c(c3)oc3cc5c(cc34)oc3c(-c4ccccc4)cccc35)cc21. The smallest absolute Gasteiger partial charge is 0.143 e. The van der Waals surface area contributed by atoms with Crippen LogP contribution in [-0.2, 0) is 5.41 Å². The minimum atomic E-state index is -0.140. The Bertz CT molecular complexity index is 3730. The van der Waals surface area contributed by atoms with Crippen LogP contribution in [-0.4, -0.2) is 0 Å². The van der Waals surface area contributed by atoms with Gasteiger partial charge in [0.25, 0.3) is 0 Å². The van der Waals surface area contributed by atoms with E-state index >= 15 is 0 Å². The fraction of sp³-hybridized carbons (Fsp3) is 0.0526. The quantitative estimate of drug-likeness (QED) is 0.174. The van der Waals surface area contributed by atoms with Gasteiger partial charge in [-0.15, -0.1) is 0 Å². The third-order valence-corrected chi connectivity index (χ3v) is 13.1. The molecule has 0 atom stereocenters. The first-order chi connectivity index (χ1) is 30.0. The number of fused-ring (bicyclic) bond motifs is 12. The molecule has 12 aromatic rings. The van der Waals surface area contributed by atoms with Crippen LogP contribution in [0, 0.1) is 0 Å². The van der Waals surface area contributed by atoms with Gasteiger partial charge >= 0.3 is 0 Å². The molecule has 1 aliphatic rings. The minimum absolute atomic E-state index is 0.140. The highest BCUT2D eigenvalue weighted by atomic mass is 16.3. The summed E-state index contributed by atoms with van der Waals surface area (Å²) in [5.41, 5.74) is 18.0. The van der Waals surface area contributed by atoms with Gasteiger partial charge in [0, 0.05) is 66.4 Å². The molecule has 0 saturated heterocycles. The molecule has 0 unspecified atom stereocenters. The van der Waals surface area contributed by atoms with E-state index in [9.17, 15) is 0 Å². The molecule has 0 amide bonds. The Labute approximate surface area is 351 Å². The van der Waals surface area contributed by atoms with Gasteiger partial charge in [0.1, 0.15) is 33.5 Å². The zero-order chi connectivity index (χ0) is 40.4. The number of hydrogen-bond donors (Lipinski definition) is 0. The molecule has 4 nitrogen and oxygen atoms in total. The molecule has 61 heavy (non-hydrogen) atoms. The molecule has 0 spiro atoms. The Morgan fingerprint density at radius 2 is 0.918 bits per heavy atom. The molecule has 0 fully saturated rings. The van der Waals surface area contributed by atoms with Crippen LogP contribution in [0.3, 0.4) is 0 Å². The summed E-state index contributed by atoms with van der Waals surface area (Å²) >= 11 is 0. The summed E-state index contributed by atoms with van der Waals surface area (Å²) in [7, 11) is 0. The molecule has 4 heteroatoms. The fourth-order valence-electron chi connectivity index (χ4n) is 10.0. The van der Waals surface area contributed by atoms with Crippen LogP contribution in [0.2, 0.25) is 0 Å². The van der Waals surface area contributed by atoms with Crippen molar-refractivity contribution in [1.29, 1.82) is 0 Å². The third kappa shape index (κ3) is 5.06. The van der Waals surface area contributed by atoms with Gasteiger partial charge < -0.3 is 18.2 Å². The number of nitrogens with zero attached hydrogens (tertiary/aromatic N) is 1. The zero-order valence-electron chi connectivity index (χ0n) is 33.6. The van der Waals surface area contributed by atoms with E-state index in [4.69, 9.17) is 13.3 Å². The molecule has 13 rings (SSSR count). The van der Waals surface area contributed by atoms with Crippen molar-refractivity contribution >= 4 is 82.9 Å². The van der Waals surface area contributed by atoms with E-state index in [1.54, 1.807) is 0 Å². The summed E-state index contributed by atoms with van der Waals surface area (Å²) in [5, 5.41) is 6.45. The molecule has 3 heterocycles. The van der Waals surface area contributed by atoms with E-state index in [2.05, 4.69) is 189 Å². The van der Waals surface area contributed by atoms with E-state index in [0.29, 0.717) is 0 Å². The lowest BCUT2D eigenvalue weighted by atomic mass is 9.82. The Kier molecular flexibility index (Phi) is 7.04. The molecular formula is C57H37NO3. The van der Waals surface area contributed by atoms with E-state index < -0.39 is 0 Å². The highest BCUT2D eigenvalue weighted by Crippen LogP contribution is 2.51. The van der Waals surface area contributed by atoms with Crippen molar-refractivity contribution in [3.8, 4) is 33.4 Å². The van der Waals surface area contributed by atoms with Crippen LogP contribution in [0.4, 0.5) is 17.1 Å². The van der Waals surface area contributed by atoms with Gasteiger partial charge in [-0.25, -0.2) is 0 Å². The number of furan rings is 3. The number of para-hydroxylation sites is 2. The Morgan fingerprint density at radius 1 is 0.328 bits per heavy atom. The summed E-state index contributed by atoms with van der Waals surface area (Å²) < 4.78 is 19.5. The van der Waals surface area contributed by atoms with Gasteiger partial charge in [-0.1, -0.05) is 129 Å². The first-order valence-corrected chi connectivity index (χ1v) is 20.9. The van der Waals surface area contributed by atoms with Crippen LogP contribution >= 0.6 is 0 Å². The largest absolute Gasteiger partial charge is 0.456 e. The molecule has 0 N–H and O–H groups in total. The fourth-order valence-corrected chi connectivity index (χ4v) is 10.0. The predicted octanol–water partition coefficient (Wildman–Crippen LogP) is 16.5. The molecule has 288 valence electrons. The lowest BCUT2D eigenvalue weighted by Crippen LogP contribution is -2.16. The topological polar surface area (TPSA) is 42.7 Å². The van der Waals surface area contributed by atoms with Gasteiger partial charge in [0.15, 0.2) is 0 Å². The zero-order valence-corrected chi connectivity index (χ0v) is 33.6. The maximum Gasteiger partial charge on any atom is 0.143 e. The molecule has 9 aromatic carbocycles. The molecule has 0 aliphatic heterocycles. The van der Waals surface area contributed by atoms with Crippen molar-refractivity contribution in [2.24, 2.45) is 0 Å². The standard InChI is InChI=1S/C57H37NO3/c1-57(2)49-17-8-6-13-41(49)42-26-24-38(30-50(42)57)58(37-22-19-34(20-23-37)36-21-28-52-46(29-36)43-14-7-9-18-51(43)59-52)39-25-27-44-47-32-55-48(33-54(47)60-53(44)31-39)45-16-10-15-40(56(45)61-55)35-11-4-3-5-12-35/h3-33H,1-2H3. The van der Waals surface area contributed by atoms with Crippen molar-refractivity contribution in [3.05, 3.63) is 199 Å². The average molecular weight is 784 g/mol. The summed E-state index contributed by atoms with van der Waals surface area (Å²) in [6.45, 7) is 4.67. The van der Waals surface area contributed by atoms with E-state index in [-0.39, 0.29) is 5.41 Å². The normalized spacial score (nSPS) is 13.2. The van der Waals surface area contributed by atoms with Gasteiger partial charge in [0.2, 0.25) is 0 Å². The average Bonchev–Trinajstić information content (AvgIpc) is 4.03. The monoisotopic (exact) mass is 783 g/mol. The third-order valence-electron chi connectivity index (χ3n) is 13.1. The van der Waals surface area contributed by atoms with Gasteiger partial charge in [-0.3, -0.25) is 0 Å². The Balaban J connectivity index is 0.945. The lowest BCUT2D eigenvalue weighted by Gasteiger charge is -2.28. The van der Waals surface area contributed by atoms with E-state index in [1.165, 1.54) is 22.3 Å². The van der Waals surface area contributed by atoms with Crippen molar-refractivity contribution < 1.29 is 13.3 Å². The number of rotatable bonds is 5. The van der Waals surface area contributed by atoms with Crippen molar-refractivity contribution in [3.63, 3.8) is 0 Å². The Morgan fingerprint density at radius 3 is 1.80 bits per heavy atom. The second-order valence-corrected chi connectivity index (χ2v) is 16.9. The van der Waals surface area contributed by atoms with Crippen LogP contribution in [0.15, 0.2) is 201 Å². The summed E-state index contributed by atoms with van der Waals surface area (Å²) in [4.78, 5) is 2.35. The molecule has 0 bridgehead atoms. The summed E-state index contributed by atoms with van der Waals surface area (Å²) in [6.07, 6.45) is 0. The van der Waals surface area contributed by atoms with Gasteiger partial charge in [-0.2, -0.15) is 0 Å². The number of benzene rings is 9. The Hall–Kier alpha value is -7.82. The van der Waals surface area contributed by atoms with Crippen LogP contribution in [0.5, 0.6) is 0 Å². The highest BCUT2D eigenvalue weighted by molar-refractivity contribution is 6.17.